The first kappa shape index (κ1) is 9.60. The quantitative estimate of drug-likeness (QED) is 0.824. The molecule has 7 heteroatoms. The summed E-state index contributed by atoms with van der Waals surface area (Å²) in [6, 6.07) is 3.21. The summed E-state index contributed by atoms with van der Waals surface area (Å²) in [4.78, 5) is 15.6. The van der Waals surface area contributed by atoms with Crippen LogP contribution in [0.15, 0.2) is 24.5 Å². The van der Waals surface area contributed by atoms with E-state index in [4.69, 9.17) is 16.7 Å². The van der Waals surface area contributed by atoms with Crippen molar-refractivity contribution in [1.82, 2.24) is 20.0 Å². The molecule has 0 aliphatic carbocycles. The van der Waals surface area contributed by atoms with Crippen LogP contribution in [0.1, 0.15) is 10.5 Å². The first-order chi connectivity index (χ1) is 7.16. The lowest BCUT2D eigenvalue weighted by atomic mass is 10.5. The number of pyridine rings is 1. The second kappa shape index (κ2) is 3.66. The second-order valence-corrected chi connectivity index (χ2v) is 3.10. The molecule has 1 N–H and O–H groups in total. The van der Waals surface area contributed by atoms with Crippen LogP contribution >= 0.6 is 11.6 Å². The molecule has 0 amide bonds. The summed E-state index contributed by atoms with van der Waals surface area (Å²) < 4.78 is 0. The van der Waals surface area contributed by atoms with Gasteiger partial charge in [-0.25, -0.2) is 9.78 Å². The summed E-state index contributed by atoms with van der Waals surface area (Å²) in [6.07, 6.45) is 2.58. The number of hydrogen-bond donors (Lipinski definition) is 1. The molecule has 0 aliphatic heterocycles. The lowest BCUT2D eigenvalue weighted by Gasteiger charge is -1.96. The highest BCUT2D eigenvalue weighted by molar-refractivity contribution is 6.30. The van der Waals surface area contributed by atoms with Gasteiger partial charge < -0.3 is 5.11 Å². The Balaban J connectivity index is 2.37. The van der Waals surface area contributed by atoms with Crippen molar-refractivity contribution in [2.45, 2.75) is 0 Å². The number of carboxylic acids is 1. The van der Waals surface area contributed by atoms with Crippen LogP contribution in [0.4, 0.5) is 0 Å². The number of hydrogen-bond acceptors (Lipinski definition) is 4. The van der Waals surface area contributed by atoms with Gasteiger partial charge in [0.1, 0.15) is 0 Å². The maximum Gasteiger partial charge on any atom is 0.358 e. The zero-order chi connectivity index (χ0) is 10.8. The summed E-state index contributed by atoms with van der Waals surface area (Å²) in [7, 11) is 0. The molecule has 6 nitrogen and oxygen atoms in total. The molecule has 2 aromatic rings. The highest BCUT2D eigenvalue weighted by atomic mass is 35.5. The van der Waals surface area contributed by atoms with Crippen LogP contribution in [0.3, 0.4) is 0 Å². The molecule has 0 atom stereocenters. The third-order valence-electron chi connectivity index (χ3n) is 1.63. The predicted molar refractivity (Wildman–Crippen MR) is 51.1 cm³/mol. The molecule has 15 heavy (non-hydrogen) atoms. The van der Waals surface area contributed by atoms with Gasteiger partial charge in [0.2, 0.25) is 0 Å². The summed E-state index contributed by atoms with van der Waals surface area (Å²) >= 11 is 5.65. The van der Waals surface area contributed by atoms with Gasteiger partial charge in [-0.1, -0.05) is 11.6 Å². The minimum absolute atomic E-state index is 0.133. The Hall–Kier alpha value is -1.95. The minimum Gasteiger partial charge on any atom is -0.476 e. The summed E-state index contributed by atoms with van der Waals surface area (Å²) in [5, 5.41) is 16.6. The number of nitrogens with zero attached hydrogens (tertiary/aromatic N) is 4. The SMILES string of the molecule is O=C(O)c1cnn(-c2ccc(Cl)cn2)n1. The molecule has 76 valence electrons. The summed E-state index contributed by atoms with van der Waals surface area (Å²) in [5.74, 6) is -0.720. The normalized spacial score (nSPS) is 10.2. The van der Waals surface area contributed by atoms with Crippen molar-refractivity contribution < 1.29 is 9.90 Å². The molecular weight excluding hydrogens is 220 g/mol. The van der Waals surface area contributed by atoms with Gasteiger partial charge in [0.25, 0.3) is 0 Å². The van der Waals surface area contributed by atoms with Gasteiger partial charge in [0.15, 0.2) is 11.5 Å². The Bertz CT molecular complexity index is 494. The maximum absolute atomic E-state index is 10.5. The van der Waals surface area contributed by atoms with Crippen LogP contribution in [-0.2, 0) is 0 Å². The van der Waals surface area contributed by atoms with Crippen LogP contribution in [-0.4, -0.2) is 31.1 Å². The molecular formula is C8H5ClN4O2. The molecule has 0 aliphatic rings. The molecule has 0 bridgehead atoms. The lowest BCUT2D eigenvalue weighted by molar-refractivity contribution is 0.0690. The first-order valence-electron chi connectivity index (χ1n) is 3.94. The van der Waals surface area contributed by atoms with Gasteiger partial charge in [-0.15, -0.1) is 9.90 Å². The van der Waals surface area contributed by atoms with Crippen molar-refractivity contribution in [3.8, 4) is 5.82 Å². The third-order valence-corrected chi connectivity index (χ3v) is 1.85. The van der Waals surface area contributed by atoms with E-state index in [1.165, 1.54) is 6.20 Å². The Morgan fingerprint density at radius 1 is 1.40 bits per heavy atom. The van der Waals surface area contributed by atoms with Gasteiger partial charge >= 0.3 is 5.97 Å². The molecule has 0 aromatic carbocycles. The first-order valence-corrected chi connectivity index (χ1v) is 4.32. The number of carbonyl (C=O) groups is 1. The van der Waals surface area contributed by atoms with Crippen molar-refractivity contribution in [2.24, 2.45) is 0 Å². The van der Waals surface area contributed by atoms with E-state index in [0.29, 0.717) is 10.8 Å². The minimum atomic E-state index is -1.13. The van der Waals surface area contributed by atoms with Crippen molar-refractivity contribution in [1.29, 1.82) is 0 Å². The van der Waals surface area contributed by atoms with E-state index in [9.17, 15) is 4.79 Å². The van der Waals surface area contributed by atoms with Gasteiger partial charge in [-0.05, 0) is 12.1 Å². The summed E-state index contributed by atoms with van der Waals surface area (Å²) in [5.41, 5.74) is -0.133. The molecule has 0 unspecified atom stereocenters. The molecule has 2 rings (SSSR count). The van der Waals surface area contributed by atoms with Crippen molar-refractivity contribution in [3.63, 3.8) is 0 Å². The molecule has 0 spiro atoms. The van der Waals surface area contributed by atoms with E-state index < -0.39 is 5.97 Å². The Kier molecular flexibility index (Phi) is 2.34. The van der Waals surface area contributed by atoms with E-state index in [2.05, 4.69) is 15.2 Å². The van der Waals surface area contributed by atoms with Gasteiger partial charge in [0.05, 0.1) is 11.2 Å². The largest absolute Gasteiger partial charge is 0.476 e. The van der Waals surface area contributed by atoms with E-state index >= 15 is 0 Å². The second-order valence-electron chi connectivity index (χ2n) is 2.66. The van der Waals surface area contributed by atoms with Gasteiger partial charge in [0, 0.05) is 6.20 Å². The average Bonchev–Trinajstić information content (AvgIpc) is 2.68. The van der Waals surface area contributed by atoms with Crippen LogP contribution in [0.2, 0.25) is 5.02 Å². The fourth-order valence-corrected chi connectivity index (χ4v) is 1.07. The van der Waals surface area contributed by atoms with Crippen LogP contribution in [0.25, 0.3) is 5.82 Å². The van der Waals surface area contributed by atoms with Crippen LogP contribution in [0, 0.1) is 0 Å². The zero-order valence-corrected chi connectivity index (χ0v) is 8.09. The van der Waals surface area contributed by atoms with E-state index in [0.717, 1.165) is 11.0 Å². The zero-order valence-electron chi connectivity index (χ0n) is 7.33. The molecule has 2 heterocycles. The topological polar surface area (TPSA) is 80.9 Å². The molecule has 0 saturated carbocycles. The molecule has 0 saturated heterocycles. The fourth-order valence-electron chi connectivity index (χ4n) is 0.958. The number of rotatable bonds is 2. The Morgan fingerprint density at radius 3 is 2.73 bits per heavy atom. The molecule has 2 aromatic heterocycles. The number of carboxylic acid groups (broad SMARTS) is 1. The highest BCUT2D eigenvalue weighted by Gasteiger charge is 2.09. The van der Waals surface area contributed by atoms with Crippen LogP contribution in [0.5, 0.6) is 0 Å². The number of halogens is 1. The van der Waals surface area contributed by atoms with Crippen LogP contribution < -0.4 is 0 Å². The number of aromatic carboxylic acids is 1. The van der Waals surface area contributed by atoms with Crippen molar-refractivity contribution >= 4 is 17.6 Å². The lowest BCUT2D eigenvalue weighted by Crippen LogP contribution is -2.03. The predicted octanol–water partition coefficient (Wildman–Crippen LogP) is 1.01. The third kappa shape index (κ3) is 1.94. The fraction of sp³-hybridized carbons (Fsp3) is 0. The highest BCUT2D eigenvalue weighted by Crippen LogP contribution is 2.08. The Labute approximate surface area is 89.1 Å². The smallest absolute Gasteiger partial charge is 0.358 e. The van der Waals surface area contributed by atoms with Gasteiger partial charge in [-0.2, -0.15) is 5.10 Å². The van der Waals surface area contributed by atoms with Gasteiger partial charge in [-0.3, -0.25) is 0 Å². The number of aromatic nitrogens is 4. The average molecular weight is 225 g/mol. The monoisotopic (exact) mass is 224 g/mol. The molecule has 0 fully saturated rings. The Morgan fingerprint density at radius 2 is 2.20 bits per heavy atom. The van der Waals surface area contributed by atoms with E-state index in [-0.39, 0.29) is 5.69 Å². The summed E-state index contributed by atoms with van der Waals surface area (Å²) in [6.45, 7) is 0. The maximum atomic E-state index is 10.5. The van der Waals surface area contributed by atoms with Crippen molar-refractivity contribution in [2.75, 3.05) is 0 Å². The molecule has 0 radical (unpaired) electrons. The van der Waals surface area contributed by atoms with E-state index in [1.54, 1.807) is 12.1 Å². The standard InChI is InChI=1S/C8H5ClN4O2/c9-5-1-2-7(10-3-5)13-11-4-6(12-13)8(14)15/h1-4H,(H,14,15). The van der Waals surface area contributed by atoms with E-state index in [1.807, 2.05) is 0 Å². The van der Waals surface area contributed by atoms with Crippen molar-refractivity contribution in [3.05, 3.63) is 35.2 Å².